The van der Waals surface area contributed by atoms with Crippen molar-refractivity contribution in [3.05, 3.63) is 47.3 Å². The maximum atomic E-state index is 11.4. The normalized spacial score (nSPS) is 15.1. The monoisotopic (exact) mass is 270 g/mol. The van der Waals surface area contributed by atoms with Crippen molar-refractivity contribution < 1.29 is 4.79 Å². The van der Waals surface area contributed by atoms with Gasteiger partial charge in [-0.3, -0.25) is 14.5 Å². The van der Waals surface area contributed by atoms with E-state index in [0.717, 1.165) is 18.4 Å². The van der Waals surface area contributed by atoms with Gasteiger partial charge in [0.25, 0.3) is 5.91 Å². The maximum Gasteiger partial charge on any atom is 0.269 e. The molecule has 0 atom stereocenters. The van der Waals surface area contributed by atoms with Crippen molar-refractivity contribution in [3.63, 3.8) is 0 Å². The van der Waals surface area contributed by atoms with Crippen LogP contribution in [-0.2, 0) is 7.05 Å². The van der Waals surface area contributed by atoms with Gasteiger partial charge in [-0.15, -0.1) is 0 Å². The van der Waals surface area contributed by atoms with Crippen molar-refractivity contribution in [3.8, 4) is 0 Å². The number of nitrogens with zero attached hydrogens (tertiary/aromatic N) is 3. The number of amides is 1. The summed E-state index contributed by atoms with van der Waals surface area (Å²) in [4.78, 5) is 15.7. The summed E-state index contributed by atoms with van der Waals surface area (Å²) in [7, 11) is 1.67. The molecule has 0 radical (unpaired) electrons. The number of rotatable bonds is 4. The van der Waals surface area contributed by atoms with Gasteiger partial charge in [0.15, 0.2) is 5.69 Å². The fraction of sp³-hybridized carbons (Fsp3) is 0.267. The van der Waals surface area contributed by atoms with Crippen LogP contribution < -0.4 is 5.73 Å². The second-order valence-corrected chi connectivity index (χ2v) is 4.54. The number of nitrogens with two attached hydrogens (primary N) is 1. The maximum absolute atomic E-state index is 11.4. The molecule has 5 nitrogen and oxygen atoms in total. The molecule has 0 aliphatic heterocycles. The van der Waals surface area contributed by atoms with E-state index < -0.39 is 5.91 Å². The number of aliphatic imine (C=N–C) groups is 1. The summed E-state index contributed by atoms with van der Waals surface area (Å²) in [5.74, 6) is -0.529. The standard InChI is InChI=1S/C15H18N4O/c1-3-11-6-4-5-7-12(8-11)9-17-13-10-18-19(2)14(13)15(16)20/h4,6-10H,3,5H2,1-2H3,(H2,16,20). The number of aromatic nitrogens is 2. The summed E-state index contributed by atoms with van der Waals surface area (Å²) in [6.45, 7) is 2.11. The van der Waals surface area contributed by atoms with Crippen LogP contribution in [0.1, 0.15) is 30.3 Å². The Labute approximate surface area is 118 Å². The highest BCUT2D eigenvalue weighted by Crippen LogP contribution is 2.18. The number of carbonyl (C=O) groups is 1. The lowest BCUT2D eigenvalue weighted by molar-refractivity contribution is 0.0992. The molecular weight excluding hydrogens is 252 g/mol. The van der Waals surface area contributed by atoms with Gasteiger partial charge in [0.2, 0.25) is 0 Å². The zero-order chi connectivity index (χ0) is 14.5. The van der Waals surface area contributed by atoms with Gasteiger partial charge < -0.3 is 5.73 Å². The van der Waals surface area contributed by atoms with Gasteiger partial charge in [-0.05, 0) is 24.0 Å². The van der Waals surface area contributed by atoms with Crippen molar-refractivity contribution in [2.45, 2.75) is 19.8 Å². The van der Waals surface area contributed by atoms with Crippen LogP contribution in [0.15, 0.2) is 46.6 Å². The van der Waals surface area contributed by atoms with Gasteiger partial charge >= 0.3 is 0 Å². The van der Waals surface area contributed by atoms with Gasteiger partial charge in [-0.25, -0.2) is 0 Å². The topological polar surface area (TPSA) is 73.3 Å². The number of hydrogen-bond donors (Lipinski definition) is 1. The number of carbonyl (C=O) groups excluding carboxylic acids is 1. The van der Waals surface area contributed by atoms with Crippen LogP contribution in [0, 0.1) is 0 Å². The van der Waals surface area contributed by atoms with Crippen molar-refractivity contribution >= 4 is 17.8 Å². The third-order valence-electron chi connectivity index (χ3n) is 3.09. The van der Waals surface area contributed by atoms with E-state index in [1.807, 2.05) is 0 Å². The van der Waals surface area contributed by atoms with Gasteiger partial charge in [0.05, 0.1) is 6.20 Å². The lowest BCUT2D eigenvalue weighted by atomic mass is 10.1. The molecule has 0 fully saturated rings. The molecule has 0 spiro atoms. The number of aryl methyl sites for hydroxylation is 1. The number of primary amides is 1. The van der Waals surface area contributed by atoms with Gasteiger partial charge in [0, 0.05) is 13.3 Å². The first kappa shape index (κ1) is 14.0. The second kappa shape index (κ2) is 6.14. The first-order valence-electron chi connectivity index (χ1n) is 6.55. The van der Waals surface area contributed by atoms with E-state index in [9.17, 15) is 4.79 Å². The predicted octanol–water partition coefficient (Wildman–Crippen LogP) is 2.44. The molecule has 1 heterocycles. The van der Waals surface area contributed by atoms with Crippen LogP contribution in [0.2, 0.25) is 0 Å². The molecule has 2 N–H and O–H groups in total. The van der Waals surface area contributed by atoms with Gasteiger partial charge in [0.1, 0.15) is 5.69 Å². The third-order valence-corrected chi connectivity index (χ3v) is 3.09. The zero-order valence-corrected chi connectivity index (χ0v) is 11.7. The van der Waals surface area contributed by atoms with E-state index in [0.29, 0.717) is 11.4 Å². The third kappa shape index (κ3) is 3.12. The van der Waals surface area contributed by atoms with Gasteiger partial charge in [-0.2, -0.15) is 5.10 Å². The molecule has 0 aromatic carbocycles. The highest BCUT2D eigenvalue weighted by Gasteiger charge is 2.12. The molecule has 0 bridgehead atoms. The Hall–Kier alpha value is -2.43. The number of hydrogen-bond acceptors (Lipinski definition) is 3. The fourth-order valence-electron chi connectivity index (χ4n) is 2.00. The van der Waals surface area contributed by atoms with Crippen LogP contribution in [-0.4, -0.2) is 21.9 Å². The van der Waals surface area contributed by atoms with Crippen molar-refractivity contribution in [1.82, 2.24) is 9.78 Å². The summed E-state index contributed by atoms with van der Waals surface area (Å²) in [5, 5.41) is 4.01. The molecule has 20 heavy (non-hydrogen) atoms. The Morgan fingerprint density at radius 1 is 1.60 bits per heavy atom. The zero-order valence-electron chi connectivity index (χ0n) is 11.7. The first-order chi connectivity index (χ1) is 9.61. The van der Waals surface area contributed by atoms with E-state index in [1.165, 1.54) is 16.5 Å². The number of allylic oxidation sites excluding steroid dienone is 6. The molecule has 1 aliphatic rings. The van der Waals surface area contributed by atoms with E-state index in [1.54, 1.807) is 13.3 Å². The fourth-order valence-corrected chi connectivity index (χ4v) is 2.00. The van der Waals surface area contributed by atoms with Crippen LogP contribution in [0.4, 0.5) is 5.69 Å². The Morgan fingerprint density at radius 2 is 2.40 bits per heavy atom. The molecule has 5 heteroatoms. The molecule has 2 rings (SSSR count). The molecule has 1 amide bonds. The quantitative estimate of drug-likeness (QED) is 0.853. The minimum atomic E-state index is -0.529. The van der Waals surface area contributed by atoms with E-state index in [2.05, 4.69) is 41.3 Å². The predicted molar refractivity (Wildman–Crippen MR) is 80.1 cm³/mol. The molecule has 0 saturated heterocycles. The summed E-state index contributed by atoms with van der Waals surface area (Å²) in [6.07, 6.45) is 13.5. The minimum Gasteiger partial charge on any atom is -0.364 e. The highest BCUT2D eigenvalue weighted by atomic mass is 16.1. The molecular formula is C15H18N4O. The van der Waals surface area contributed by atoms with Gasteiger partial charge in [-0.1, -0.05) is 31.2 Å². The SMILES string of the molecule is CCC1=CC(C=Nc2cnn(C)c2C(N)=O)=CCC=C1. The lowest BCUT2D eigenvalue weighted by Gasteiger charge is -1.98. The summed E-state index contributed by atoms with van der Waals surface area (Å²) in [6, 6.07) is 0. The van der Waals surface area contributed by atoms with Crippen LogP contribution in [0.5, 0.6) is 0 Å². The smallest absolute Gasteiger partial charge is 0.269 e. The largest absolute Gasteiger partial charge is 0.364 e. The highest BCUT2D eigenvalue weighted by molar-refractivity contribution is 5.97. The average Bonchev–Trinajstić information content (AvgIpc) is 2.65. The van der Waals surface area contributed by atoms with Crippen molar-refractivity contribution in [2.24, 2.45) is 17.8 Å². The Bertz CT molecular complexity index is 632. The average molecular weight is 270 g/mol. The molecule has 0 saturated carbocycles. The Balaban J connectivity index is 2.26. The van der Waals surface area contributed by atoms with E-state index >= 15 is 0 Å². The van der Waals surface area contributed by atoms with E-state index in [-0.39, 0.29) is 0 Å². The minimum absolute atomic E-state index is 0.313. The molecule has 0 unspecified atom stereocenters. The second-order valence-electron chi connectivity index (χ2n) is 4.54. The van der Waals surface area contributed by atoms with Crippen molar-refractivity contribution in [1.29, 1.82) is 0 Å². The molecule has 1 aromatic heterocycles. The van der Waals surface area contributed by atoms with Crippen LogP contribution in [0.25, 0.3) is 0 Å². The first-order valence-corrected chi connectivity index (χ1v) is 6.55. The summed E-state index contributed by atoms with van der Waals surface area (Å²) < 4.78 is 1.44. The summed E-state index contributed by atoms with van der Waals surface area (Å²) >= 11 is 0. The lowest BCUT2D eigenvalue weighted by Crippen LogP contribution is -2.15. The van der Waals surface area contributed by atoms with E-state index in [4.69, 9.17) is 5.73 Å². The summed E-state index contributed by atoms with van der Waals surface area (Å²) in [5.41, 5.74) is 8.40. The Kier molecular flexibility index (Phi) is 4.30. The Morgan fingerprint density at radius 3 is 3.10 bits per heavy atom. The molecule has 1 aliphatic carbocycles. The van der Waals surface area contributed by atoms with Crippen LogP contribution in [0.3, 0.4) is 0 Å². The molecule has 1 aromatic rings. The van der Waals surface area contributed by atoms with Crippen LogP contribution >= 0.6 is 0 Å². The molecule has 104 valence electrons. The van der Waals surface area contributed by atoms with Crippen molar-refractivity contribution in [2.75, 3.05) is 0 Å².